The van der Waals surface area contributed by atoms with Crippen molar-refractivity contribution in [2.45, 2.75) is 25.8 Å². The van der Waals surface area contributed by atoms with Crippen molar-refractivity contribution in [1.82, 2.24) is 19.4 Å². The minimum absolute atomic E-state index is 0.181. The zero-order chi connectivity index (χ0) is 14.1. The van der Waals surface area contributed by atoms with Gasteiger partial charge in [0.25, 0.3) is 0 Å². The summed E-state index contributed by atoms with van der Waals surface area (Å²) in [4.78, 5) is 22.6. The number of aryl methyl sites for hydroxylation is 1. The van der Waals surface area contributed by atoms with Gasteiger partial charge in [0.05, 0.1) is 0 Å². The van der Waals surface area contributed by atoms with Gasteiger partial charge in [-0.15, -0.1) is 0 Å². The highest BCUT2D eigenvalue weighted by Gasteiger charge is 2.18. The number of pyridine rings is 1. The topological polar surface area (TPSA) is 77.0 Å². The average molecular weight is 338 g/mol. The second kappa shape index (κ2) is 5.40. The molecule has 0 unspecified atom stereocenters. The van der Waals surface area contributed by atoms with Gasteiger partial charge in [-0.05, 0) is 34.8 Å². The Bertz CT molecular complexity index is 647. The van der Waals surface area contributed by atoms with Gasteiger partial charge >= 0.3 is 0 Å². The molecule has 0 spiro atoms. The van der Waals surface area contributed by atoms with Gasteiger partial charge in [0.1, 0.15) is 5.52 Å². The summed E-state index contributed by atoms with van der Waals surface area (Å²) in [7, 11) is 0. The number of nitrogens with zero attached hydrogens (tertiary/aromatic N) is 4. The lowest BCUT2D eigenvalue weighted by Gasteiger charge is -2.15. The number of carbonyl (C=O) groups is 1. The maximum absolute atomic E-state index is 12.1. The van der Waals surface area contributed by atoms with Gasteiger partial charge in [-0.25, -0.2) is 9.97 Å². The highest BCUT2D eigenvalue weighted by Crippen LogP contribution is 2.20. The summed E-state index contributed by atoms with van der Waals surface area (Å²) in [6, 6.07) is 1.87. The Kier molecular flexibility index (Phi) is 3.60. The van der Waals surface area contributed by atoms with Crippen LogP contribution in [-0.2, 0) is 11.3 Å². The first-order valence-electron chi connectivity index (χ1n) is 6.70. The Morgan fingerprint density at radius 3 is 2.90 bits per heavy atom. The number of carbonyl (C=O) groups excluding carboxylic acids is 1. The van der Waals surface area contributed by atoms with Crippen LogP contribution in [0.1, 0.15) is 19.3 Å². The van der Waals surface area contributed by atoms with Crippen molar-refractivity contribution in [1.29, 1.82) is 0 Å². The number of fused-ring (bicyclic) bond motifs is 1. The molecule has 0 saturated carbocycles. The Hall–Kier alpha value is -1.63. The summed E-state index contributed by atoms with van der Waals surface area (Å²) in [5, 5.41) is 0. The number of hydrogen-bond acceptors (Lipinski definition) is 4. The molecule has 0 atom stereocenters. The molecule has 2 aromatic heterocycles. The summed E-state index contributed by atoms with van der Waals surface area (Å²) < 4.78 is 2.67. The van der Waals surface area contributed by atoms with Gasteiger partial charge in [0.2, 0.25) is 11.9 Å². The number of halogens is 1. The van der Waals surface area contributed by atoms with Gasteiger partial charge in [-0.3, -0.25) is 9.36 Å². The van der Waals surface area contributed by atoms with Crippen LogP contribution in [0.5, 0.6) is 0 Å². The van der Waals surface area contributed by atoms with E-state index < -0.39 is 0 Å². The maximum atomic E-state index is 12.1. The van der Waals surface area contributed by atoms with Crippen molar-refractivity contribution in [3.05, 3.63) is 16.7 Å². The number of nitrogen functional groups attached to an aromatic ring is 1. The number of anilines is 1. The van der Waals surface area contributed by atoms with Gasteiger partial charge in [0.15, 0.2) is 5.65 Å². The fourth-order valence-corrected chi connectivity index (χ4v) is 2.88. The molecule has 1 fully saturated rings. The third kappa shape index (κ3) is 2.49. The molecule has 1 aliphatic rings. The summed E-state index contributed by atoms with van der Waals surface area (Å²) in [6.07, 6.45) is 4.37. The number of amides is 1. The molecule has 0 aliphatic carbocycles. The van der Waals surface area contributed by atoms with Gasteiger partial charge < -0.3 is 10.6 Å². The molecule has 3 heterocycles. The number of aromatic nitrogens is 3. The van der Waals surface area contributed by atoms with E-state index in [4.69, 9.17) is 5.73 Å². The Morgan fingerprint density at radius 1 is 1.40 bits per heavy atom. The fourth-order valence-electron chi connectivity index (χ4n) is 2.56. The van der Waals surface area contributed by atoms with Crippen LogP contribution in [0.2, 0.25) is 0 Å². The van der Waals surface area contributed by atoms with E-state index in [1.165, 1.54) is 0 Å². The molecular weight excluding hydrogens is 322 g/mol. The van der Waals surface area contributed by atoms with Crippen LogP contribution in [0.25, 0.3) is 11.2 Å². The minimum Gasteiger partial charge on any atom is -0.369 e. The number of likely N-dealkylation sites (tertiary alicyclic amines) is 1. The Balaban J connectivity index is 1.77. The molecular formula is C13H16BrN5O. The summed E-state index contributed by atoms with van der Waals surface area (Å²) in [5.41, 5.74) is 7.38. The van der Waals surface area contributed by atoms with E-state index in [1.807, 2.05) is 11.0 Å². The van der Waals surface area contributed by atoms with Crippen LogP contribution in [-0.4, -0.2) is 38.4 Å². The van der Waals surface area contributed by atoms with Gasteiger partial charge in [-0.2, -0.15) is 0 Å². The lowest BCUT2D eigenvalue weighted by atomic mass is 10.3. The Labute approximate surface area is 125 Å². The van der Waals surface area contributed by atoms with Crippen molar-refractivity contribution in [3.8, 4) is 0 Å². The molecule has 7 heteroatoms. The van der Waals surface area contributed by atoms with Crippen molar-refractivity contribution in [2.75, 3.05) is 18.8 Å². The first-order chi connectivity index (χ1) is 9.65. The molecule has 6 nitrogen and oxygen atoms in total. The molecule has 2 N–H and O–H groups in total. The molecule has 0 radical (unpaired) electrons. The molecule has 20 heavy (non-hydrogen) atoms. The van der Waals surface area contributed by atoms with Gasteiger partial charge in [0, 0.05) is 36.7 Å². The number of hydrogen-bond donors (Lipinski definition) is 1. The van der Waals surface area contributed by atoms with Crippen molar-refractivity contribution in [2.24, 2.45) is 0 Å². The second-order valence-corrected chi connectivity index (χ2v) is 5.87. The molecule has 3 rings (SSSR count). The monoisotopic (exact) mass is 337 g/mol. The average Bonchev–Trinajstić information content (AvgIpc) is 3.03. The van der Waals surface area contributed by atoms with Crippen molar-refractivity contribution < 1.29 is 4.79 Å². The molecule has 0 bridgehead atoms. The predicted molar refractivity (Wildman–Crippen MR) is 80.1 cm³/mol. The largest absolute Gasteiger partial charge is 0.369 e. The number of imidazole rings is 1. The van der Waals surface area contributed by atoms with E-state index >= 15 is 0 Å². The lowest BCUT2D eigenvalue weighted by Crippen LogP contribution is -2.28. The maximum Gasteiger partial charge on any atom is 0.224 e. The zero-order valence-electron chi connectivity index (χ0n) is 11.0. The van der Waals surface area contributed by atoms with Crippen LogP contribution < -0.4 is 5.73 Å². The first-order valence-corrected chi connectivity index (χ1v) is 7.49. The number of rotatable bonds is 3. The highest BCUT2D eigenvalue weighted by molar-refractivity contribution is 9.10. The molecule has 2 aromatic rings. The predicted octanol–water partition coefficient (Wildman–Crippen LogP) is 1.79. The van der Waals surface area contributed by atoms with E-state index in [2.05, 4.69) is 25.9 Å². The highest BCUT2D eigenvalue weighted by atomic mass is 79.9. The SMILES string of the molecule is Nc1nc2cc(Br)cnc2n1CCC(=O)N1CCCC1. The molecule has 1 aliphatic heterocycles. The molecule has 0 aromatic carbocycles. The molecule has 1 amide bonds. The van der Waals surface area contributed by atoms with Crippen LogP contribution in [0.3, 0.4) is 0 Å². The molecule has 1 saturated heterocycles. The minimum atomic E-state index is 0.181. The van der Waals surface area contributed by atoms with Crippen LogP contribution >= 0.6 is 15.9 Å². The first kappa shape index (κ1) is 13.4. The van der Waals surface area contributed by atoms with Gasteiger partial charge in [-0.1, -0.05) is 0 Å². The summed E-state index contributed by atoms with van der Waals surface area (Å²) >= 11 is 3.36. The van der Waals surface area contributed by atoms with E-state index in [0.29, 0.717) is 18.9 Å². The van der Waals surface area contributed by atoms with Crippen LogP contribution in [0.15, 0.2) is 16.7 Å². The Morgan fingerprint density at radius 2 is 2.15 bits per heavy atom. The third-order valence-electron chi connectivity index (χ3n) is 3.59. The number of nitrogens with two attached hydrogens (primary N) is 1. The van der Waals surface area contributed by atoms with Crippen molar-refractivity contribution in [3.63, 3.8) is 0 Å². The quantitative estimate of drug-likeness (QED) is 0.926. The summed E-state index contributed by atoms with van der Waals surface area (Å²) in [6.45, 7) is 2.28. The summed E-state index contributed by atoms with van der Waals surface area (Å²) in [5.74, 6) is 0.584. The van der Waals surface area contributed by atoms with Crippen LogP contribution in [0.4, 0.5) is 5.95 Å². The normalized spacial score (nSPS) is 15.2. The smallest absolute Gasteiger partial charge is 0.224 e. The third-order valence-corrected chi connectivity index (χ3v) is 4.02. The lowest BCUT2D eigenvalue weighted by molar-refractivity contribution is -0.130. The van der Waals surface area contributed by atoms with E-state index in [-0.39, 0.29) is 5.91 Å². The van der Waals surface area contributed by atoms with Crippen molar-refractivity contribution >= 4 is 38.9 Å². The standard InChI is InChI=1S/C13H16BrN5O/c14-9-7-10-12(16-8-9)19(13(15)17-10)6-3-11(20)18-4-1-2-5-18/h7-8H,1-6H2,(H2,15,17). The second-order valence-electron chi connectivity index (χ2n) is 4.96. The van der Waals surface area contributed by atoms with E-state index in [1.54, 1.807) is 10.8 Å². The zero-order valence-corrected chi connectivity index (χ0v) is 12.6. The fraction of sp³-hybridized carbons (Fsp3) is 0.462. The molecule has 106 valence electrons. The van der Waals surface area contributed by atoms with Crippen LogP contribution in [0, 0.1) is 0 Å². The van der Waals surface area contributed by atoms with E-state index in [0.717, 1.165) is 41.6 Å². The van der Waals surface area contributed by atoms with E-state index in [9.17, 15) is 4.79 Å².